The lowest BCUT2D eigenvalue weighted by Crippen LogP contribution is -2.43. The Morgan fingerprint density at radius 1 is 1.00 bits per heavy atom. The summed E-state index contributed by atoms with van der Waals surface area (Å²) < 4.78 is 11.3. The van der Waals surface area contributed by atoms with Crippen LogP contribution in [0.4, 0.5) is 5.69 Å². The maximum atomic E-state index is 13.4. The zero-order chi connectivity index (χ0) is 24.2. The van der Waals surface area contributed by atoms with E-state index in [1.165, 1.54) is 11.8 Å². The van der Waals surface area contributed by atoms with E-state index in [1.807, 2.05) is 61.5 Å². The number of carbonyl (C=O) groups excluding carboxylic acids is 1. The molecule has 1 N–H and O–H groups in total. The van der Waals surface area contributed by atoms with E-state index in [0.29, 0.717) is 29.6 Å². The van der Waals surface area contributed by atoms with Gasteiger partial charge in [-0.1, -0.05) is 23.7 Å². The summed E-state index contributed by atoms with van der Waals surface area (Å²) in [6.07, 6.45) is -1.20. The van der Waals surface area contributed by atoms with Crippen LogP contribution in [0.5, 0.6) is 17.2 Å². The number of hydrogen-bond acceptors (Lipinski definition) is 6. The normalized spacial score (nSPS) is 17.9. The number of amides is 1. The van der Waals surface area contributed by atoms with Crippen molar-refractivity contribution in [2.45, 2.75) is 16.2 Å². The van der Waals surface area contributed by atoms with Gasteiger partial charge in [0.2, 0.25) is 0 Å². The lowest BCUT2D eigenvalue weighted by Gasteiger charge is -2.26. The molecule has 2 atom stereocenters. The minimum absolute atomic E-state index is 0.319. The zero-order valence-electron chi connectivity index (χ0n) is 19.3. The van der Waals surface area contributed by atoms with Crippen molar-refractivity contribution in [1.82, 2.24) is 4.90 Å². The fourth-order valence-electron chi connectivity index (χ4n) is 3.70. The molecular weight excluding hydrogens is 472 g/mol. The van der Waals surface area contributed by atoms with Crippen molar-refractivity contribution in [3.63, 3.8) is 0 Å². The van der Waals surface area contributed by atoms with Crippen LogP contribution in [0.1, 0.15) is 10.8 Å². The zero-order valence-corrected chi connectivity index (χ0v) is 20.8. The summed E-state index contributed by atoms with van der Waals surface area (Å²) in [5.74, 6) is 1.70. The highest BCUT2D eigenvalue weighted by molar-refractivity contribution is 7.99. The summed E-state index contributed by atoms with van der Waals surface area (Å²) in [6, 6.07) is 20.2. The van der Waals surface area contributed by atoms with Crippen LogP contribution in [0.15, 0.2) is 71.6 Å². The molecule has 0 fully saturated rings. The van der Waals surface area contributed by atoms with Gasteiger partial charge in [-0.2, -0.15) is 0 Å². The number of likely N-dealkylation sites (N-methyl/N-ethyl adjacent to an activating group) is 1. The van der Waals surface area contributed by atoms with Crippen LogP contribution in [0.3, 0.4) is 0 Å². The van der Waals surface area contributed by atoms with Gasteiger partial charge in [-0.05, 0) is 74.3 Å². The standard InChI is InChI=1S/C26H27ClN2O4S/c1-28(2)14-15-29-22-13-12-21(33-20-10-6-18(27)7-11-20)16-23(22)34-25(24(30)26(29)31)17-4-8-19(32-3)9-5-17/h4-13,16,24-25,30H,14-15H2,1-3H3. The second-order valence-electron chi connectivity index (χ2n) is 8.24. The Kier molecular flexibility index (Phi) is 7.68. The third-order valence-electron chi connectivity index (χ3n) is 5.55. The van der Waals surface area contributed by atoms with Crippen LogP contribution >= 0.6 is 23.4 Å². The smallest absolute Gasteiger partial charge is 0.257 e. The largest absolute Gasteiger partial charge is 0.497 e. The molecule has 1 aliphatic rings. The van der Waals surface area contributed by atoms with Crippen molar-refractivity contribution in [2.75, 3.05) is 39.2 Å². The minimum Gasteiger partial charge on any atom is -0.497 e. The summed E-state index contributed by atoms with van der Waals surface area (Å²) in [4.78, 5) is 17.9. The summed E-state index contributed by atoms with van der Waals surface area (Å²) in [6.45, 7) is 1.13. The van der Waals surface area contributed by atoms with Gasteiger partial charge in [0.25, 0.3) is 5.91 Å². The van der Waals surface area contributed by atoms with E-state index in [0.717, 1.165) is 21.9 Å². The molecule has 4 rings (SSSR count). The van der Waals surface area contributed by atoms with Crippen molar-refractivity contribution in [3.05, 3.63) is 77.3 Å². The molecular formula is C26H27ClN2O4S. The van der Waals surface area contributed by atoms with Crippen LogP contribution in [0.25, 0.3) is 0 Å². The average molecular weight is 499 g/mol. The Bertz CT molecular complexity index is 1140. The number of aliphatic hydroxyl groups is 1. The first-order valence-electron chi connectivity index (χ1n) is 10.9. The first-order valence-corrected chi connectivity index (χ1v) is 12.1. The van der Waals surface area contributed by atoms with Crippen LogP contribution < -0.4 is 14.4 Å². The van der Waals surface area contributed by atoms with Gasteiger partial charge in [0, 0.05) is 23.0 Å². The lowest BCUT2D eigenvalue weighted by atomic mass is 10.1. The van der Waals surface area contributed by atoms with Gasteiger partial charge in [-0.15, -0.1) is 11.8 Å². The van der Waals surface area contributed by atoms with Crippen LogP contribution in [0, 0.1) is 0 Å². The van der Waals surface area contributed by atoms with Crippen molar-refractivity contribution in [2.24, 2.45) is 0 Å². The maximum Gasteiger partial charge on any atom is 0.257 e. The second kappa shape index (κ2) is 10.7. The van der Waals surface area contributed by atoms with E-state index >= 15 is 0 Å². The van der Waals surface area contributed by atoms with Crippen LogP contribution in [0.2, 0.25) is 5.02 Å². The SMILES string of the molecule is COc1ccc(C2Sc3cc(Oc4ccc(Cl)cc4)ccc3N(CCN(C)C)C(=O)C2O)cc1. The third kappa shape index (κ3) is 5.50. The molecule has 0 saturated heterocycles. The molecule has 1 aliphatic heterocycles. The van der Waals surface area contributed by atoms with Gasteiger partial charge in [-0.3, -0.25) is 4.79 Å². The highest BCUT2D eigenvalue weighted by Crippen LogP contribution is 2.47. The number of nitrogens with zero attached hydrogens (tertiary/aromatic N) is 2. The topological polar surface area (TPSA) is 62.2 Å². The highest BCUT2D eigenvalue weighted by Gasteiger charge is 2.37. The molecule has 8 heteroatoms. The highest BCUT2D eigenvalue weighted by atomic mass is 35.5. The summed E-state index contributed by atoms with van der Waals surface area (Å²) in [5, 5.41) is 11.3. The molecule has 34 heavy (non-hydrogen) atoms. The molecule has 1 amide bonds. The number of ether oxygens (including phenoxy) is 2. The minimum atomic E-state index is -1.20. The molecule has 2 unspecified atom stereocenters. The Balaban J connectivity index is 1.71. The Hall–Kier alpha value is -2.71. The number of benzene rings is 3. The number of methoxy groups -OCH3 is 1. The molecule has 3 aromatic carbocycles. The van der Waals surface area contributed by atoms with Crippen molar-refractivity contribution >= 4 is 35.0 Å². The average Bonchev–Trinajstić information content (AvgIpc) is 2.93. The van der Waals surface area contributed by atoms with Gasteiger partial charge >= 0.3 is 0 Å². The van der Waals surface area contributed by atoms with E-state index in [1.54, 1.807) is 36.3 Å². The molecule has 0 saturated carbocycles. The summed E-state index contributed by atoms with van der Waals surface area (Å²) in [7, 11) is 5.52. The fourth-order valence-corrected chi connectivity index (χ4v) is 5.12. The van der Waals surface area contributed by atoms with Crippen LogP contribution in [-0.4, -0.2) is 56.3 Å². The van der Waals surface area contributed by atoms with E-state index < -0.39 is 11.4 Å². The number of fused-ring (bicyclic) bond motifs is 1. The van der Waals surface area contributed by atoms with E-state index in [2.05, 4.69) is 0 Å². The van der Waals surface area contributed by atoms with E-state index in [4.69, 9.17) is 21.1 Å². The molecule has 0 aromatic heterocycles. The van der Waals surface area contributed by atoms with E-state index in [9.17, 15) is 9.90 Å². The summed E-state index contributed by atoms with van der Waals surface area (Å²) >= 11 is 7.44. The van der Waals surface area contributed by atoms with Crippen molar-refractivity contribution in [3.8, 4) is 17.2 Å². The van der Waals surface area contributed by atoms with Gasteiger partial charge in [0.1, 0.15) is 23.4 Å². The molecule has 1 heterocycles. The van der Waals surface area contributed by atoms with E-state index in [-0.39, 0.29) is 5.91 Å². The monoisotopic (exact) mass is 498 g/mol. The number of hydrogen-bond donors (Lipinski definition) is 1. The predicted octanol–water partition coefficient (Wildman–Crippen LogP) is 5.24. The fraction of sp³-hybridized carbons (Fsp3) is 0.269. The Morgan fingerprint density at radius 3 is 2.29 bits per heavy atom. The Labute approximate surface area is 209 Å². The van der Waals surface area contributed by atoms with Gasteiger partial charge < -0.3 is 24.4 Å². The molecule has 6 nitrogen and oxygen atoms in total. The maximum absolute atomic E-state index is 13.4. The first kappa shape index (κ1) is 24.4. The number of aliphatic hydroxyl groups excluding tert-OH is 1. The molecule has 0 radical (unpaired) electrons. The Morgan fingerprint density at radius 2 is 1.65 bits per heavy atom. The molecule has 0 spiro atoms. The van der Waals surface area contributed by atoms with Crippen molar-refractivity contribution in [1.29, 1.82) is 0 Å². The van der Waals surface area contributed by atoms with Crippen molar-refractivity contribution < 1.29 is 19.4 Å². The predicted molar refractivity (Wildman–Crippen MR) is 136 cm³/mol. The molecule has 0 bridgehead atoms. The van der Waals surface area contributed by atoms with Gasteiger partial charge in [0.05, 0.1) is 18.0 Å². The number of halogens is 1. The van der Waals surface area contributed by atoms with Crippen LogP contribution in [-0.2, 0) is 4.79 Å². The number of anilines is 1. The first-order chi connectivity index (χ1) is 16.4. The quantitative estimate of drug-likeness (QED) is 0.480. The number of rotatable bonds is 7. The lowest BCUT2D eigenvalue weighted by molar-refractivity contribution is -0.126. The van der Waals surface area contributed by atoms with Gasteiger partial charge in [-0.25, -0.2) is 0 Å². The number of thioether (sulfide) groups is 1. The molecule has 0 aliphatic carbocycles. The number of carbonyl (C=O) groups is 1. The second-order valence-corrected chi connectivity index (χ2v) is 9.85. The summed E-state index contributed by atoms with van der Waals surface area (Å²) in [5.41, 5.74) is 1.60. The third-order valence-corrected chi connectivity index (χ3v) is 7.16. The molecule has 3 aromatic rings. The molecule has 178 valence electrons. The van der Waals surface area contributed by atoms with Gasteiger partial charge in [0.15, 0.2) is 0 Å².